The van der Waals surface area contributed by atoms with E-state index in [1.807, 2.05) is 0 Å². The fourth-order valence-electron chi connectivity index (χ4n) is 1.06. The first-order chi connectivity index (χ1) is 8.52. The molecule has 0 atom stereocenters. The summed E-state index contributed by atoms with van der Waals surface area (Å²) in [5, 5.41) is 2.64. The molecule has 1 aromatic rings. The lowest BCUT2D eigenvalue weighted by Gasteiger charge is -2.06. The van der Waals surface area contributed by atoms with E-state index in [4.69, 9.17) is 11.6 Å². The predicted octanol–water partition coefficient (Wildman–Crippen LogP) is 2.32. The van der Waals surface area contributed by atoms with Gasteiger partial charge in [0.05, 0.1) is 24.3 Å². The van der Waals surface area contributed by atoms with E-state index < -0.39 is 17.7 Å². The number of carbonyl (C=O) groups is 2. The van der Waals surface area contributed by atoms with Gasteiger partial charge in [-0.15, -0.1) is 11.8 Å². The zero-order valence-corrected chi connectivity index (χ0v) is 11.1. The molecule has 18 heavy (non-hydrogen) atoms. The van der Waals surface area contributed by atoms with Crippen LogP contribution in [0.3, 0.4) is 0 Å². The second-order valence-electron chi connectivity index (χ2n) is 3.24. The molecule has 98 valence electrons. The van der Waals surface area contributed by atoms with Crippen LogP contribution in [0.5, 0.6) is 0 Å². The van der Waals surface area contributed by atoms with Crippen molar-refractivity contribution in [3.8, 4) is 0 Å². The van der Waals surface area contributed by atoms with Gasteiger partial charge in [0.15, 0.2) is 0 Å². The van der Waals surface area contributed by atoms with E-state index in [0.717, 1.165) is 17.8 Å². The molecule has 4 nitrogen and oxygen atoms in total. The molecule has 0 aliphatic heterocycles. The Kier molecular flexibility index (Phi) is 5.94. The second kappa shape index (κ2) is 7.23. The van der Waals surface area contributed by atoms with Crippen LogP contribution in [0.2, 0.25) is 5.02 Å². The molecule has 0 aliphatic rings. The van der Waals surface area contributed by atoms with Gasteiger partial charge in [0, 0.05) is 5.02 Å². The van der Waals surface area contributed by atoms with Gasteiger partial charge in [-0.25, -0.2) is 4.39 Å². The molecule has 0 saturated heterocycles. The number of hydrogen-bond donors (Lipinski definition) is 1. The Morgan fingerprint density at radius 1 is 1.44 bits per heavy atom. The van der Waals surface area contributed by atoms with Crippen molar-refractivity contribution in [1.29, 1.82) is 0 Å². The van der Waals surface area contributed by atoms with Gasteiger partial charge in [0.25, 0.3) is 0 Å². The number of halogens is 2. The van der Waals surface area contributed by atoms with Crippen molar-refractivity contribution < 1.29 is 18.7 Å². The van der Waals surface area contributed by atoms with Gasteiger partial charge in [-0.1, -0.05) is 11.6 Å². The first-order valence-corrected chi connectivity index (χ1v) is 6.45. The second-order valence-corrected chi connectivity index (χ2v) is 4.66. The van der Waals surface area contributed by atoms with Crippen molar-refractivity contribution >= 4 is 40.9 Å². The summed E-state index contributed by atoms with van der Waals surface area (Å²) >= 11 is 6.67. The van der Waals surface area contributed by atoms with Gasteiger partial charge in [0.1, 0.15) is 5.82 Å². The van der Waals surface area contributed by atoms with Crippen LogP contribution in [0.25, 0.3) is 0 Å². The van der Waals surface area contributed by atoms with Crippen LogP contribution in [0.1, 0.15) is 0 Å². The van der Waals surface area contributed by atoms with Gasteiger partial charge in [-0.2, -0.15) is 0 Å². The molecular weight excluding hydrogens is 281 g/mol. The number of rotatable bonds is 5. The van der Waals surface area contributed by atoms with Crippen molar-refractivity contribution in [3.63, 3.8) is 0 Å². The highest BCUT2D eigenvalue weighted by Crippen LogP contribution is 2.19. The summed E-state index contributed by atoms with van der Waals surface area (Å²) in [6.45, 7) is 0. The molecule has 0 heterocycles. The zero-order valence-electron chi connectivity index (χ0n) is 9.54. The Morgan fingerprint density at radius 2 is 2.17 bits per heavy atom. The number of amides is 1. The SMILES string of the molecule is COC(=O)CSCC(=O)Nc1ccc(Cl)cc1F. The van der Waals surface area contributed by atoms with Gasteiger partial charge in [-0.3, -0.25) is 9.59 Å². The fraction of sp³-hybridized carbons (Fsp3) is 0.273. The van der Waals surface area contributed by atoms with Crippen molar-refractivity contribution in [2.24, 2.45) is 0 Å². The van der Waals surface area contributed by atoms with Gasteiger partial charge >= 0.3 is 5.97 Å². The van der Waals surface area contributed by atoms with E-state index in [1.165, 1.54) is 19.2 Å². The number of thioether (sulfide) groups is 1. The molecule has 0 radical (unpaired) electrons. The van der Waals surface area contributed by atoms with E-state index in [9.17, 15) is 14.0 Å². The average molecular weight is 292 g/mol. The largest absolute Gasteiger partial charge is 0.468 e. The molecule has 0 bridgehead atoms. The summed E-state index contributed by atoms with van der Waals surface area (Å²) < 4.78 is 17.8. The third-order valence-electron chi connectivity index (χ3n) is 1.89. The summed E-state index contributed by atoms with van der Waals surface area (Å²) in [4.78, 5) is 22.2. The quantitative estimate of drug-likeness (QED) is 0.846. The number of esters is 1. The molecule has 0 aromatic heterocycles. The molecule has 1 aromatic carbocycles. The normalized spacial score (nSPS) is 9.94. The predicted molar refractivity (Wildman–Crippen MR) is 69.4 cm³/mol. The number of anilines is 1. The Hall–Kier alpha value is -1.27. The summed E-state index contributed by atoms with van der Waals surface area (Å²) in [6.07, 6.45) is 0. The van der Waals surface area contributed by atoms with Crippen molar-refractivity contribution in [3.05, 3.63) is 29.0 Å². The Balaban J connectivity index is 2.42. The number of benzene rings is 1. The minimum absolute atomic E-state index is 0.0389. The van der Waals surface area contributed by atoms with Crippen LogP contribution in [-0.2, 0) is 14.3 Å². The lowest BCUT2D eigenvalue weighted by molar-refractivity contribution is -0.137. The minimum atomic E-state index is -0.603. The maximum absolute atomic E-state index is 13.3. The zero-order chi connectivity index (χ0) is 13.5. The van der Waals surface area contributed by atoms with E-state index in [2.05, 4.69) is 10.1 Å². The maximum atomic E-state index is 13.3. The first kappa shape index (κ1) is 14.8. The lowest BCUT2D eigenvalue weighted by atomic mass is 10.3. The number of nitrogens with one attached hydrogen (secondary N) is 1. The topological polar surface area (TPSA) is 55.4 Å². The van der Waals surface area contributed by atoms with Crippen LogP contribution < -0.4 is 5.32 Å². The molecule has 0 fully saturated rings. The fourth-order valence-corrected chi connectivity index (χ4v) is 1.87. The first-order valence-electron chi connectivity index (χ1n) is 4.92. The third-order valence-corrected chi connectivity index (χ3v) is 3.03. The summed E-state index contributed by atoms with van der Waals surface area (Å²) in [7, 11) is 1.27. The highest BCUT2D eigenvalue weighted by Gasteiger charge is 2.09. The van der Waals surface area contributed by atoms with Gasteiger partial charge in [0.2, 0.25) is 5.91 Å². The van der Waals surface area contributed by atoms with Crippen LogP contribution in [0.15, 0.2) is 18.2 Å². The average Bonchev–Trinajstić information content (AvgIpc) is 2.32. The van der Waals surface area contributed by atoms with E-state index in [1.54, 1.807) is 0 Å². The monoisotopic (exact) mass is 291 g/mol. The number of ether oxygens (including phenoxy) is 1. The van der Waals surface area contributed by atoms with Crippen LogP contribution in [0.4, 0.5) is 10.1 Å². The molecule has 0 unspecified atom stereocenters. The maximum Gasteiger partial charge on any atom is 0.315 e. The Morgan fingerprint density at radius 3 is 2.78 bits per heavy atom. The van der Waals surface area contributed by atoms with Crippen LogP contribution in [0, 0.1) is 5.82 Å². The number of hydrogen-bond acceptors (Lipinski definition) is 4. The lowest BCUT2D eigenvalue weighted by Crippen LogP contribution is -2.16. The third kappa shape index (κ3) is 4.93. The van der Waals surface area contributed by atoms with Crippen molar-refractivity contribution in [1.82, 2.24) is 0 Å². The standard InChI is InChI=1S/C11H11ClFNO3S/c1-17-11(16)6-18-5-10(15)14-9-3-2-7(12)4-8(9)13/h2-4H,5-6H2,1H3,(H,14,15). The van der Waals surface area contributed by atoms with Crippen molar-refractivity contribution in [2.75, 3.05) is 23.9 Å². The molecule has 7 heteroatoms. The van der Waals surface area contributed by atoms with E-state index in [0.29, 0.717) is 0 Å². The Bertz CT molecular complexity index is 456. The highest BCUT2D eigenvalue weighted by molar-refractivity contribution is 8.00. The molecule has 1 N–H and O–H groups in total. The van der Waals surface area contributed by atoms with Gasteiger partial charge < -0.3 is 10.1 Å². The van der Waals surface area contributed by atoms with E-state index in [-0.39, 0.29) is 22.2 Å². The molecule has 0 saturated carbocycles. The van der Waals surface area contributed by atoms with Crippen molar-refractivity contribution in [2.45, 2.75) is 0 Å². The minimum Gasteiger partial charge on any atom is -0.468 e. The number of carbonyl (C=O) groups excluding carboxylic acids is 2. The highest BCUT2D eigenvalue weighted by atomic mass is 35.5. The van der Waals surface area contributed by atoms with Crippen LogP contribution >= 0.6 is 23.4 Å². The molecule has 0 spiro atoms. The molecule has 1 amide bonds. The summed E-state index contributed by atoms with van der Waals surface area (Å²) in [6, 6.07) is 3.96. The smallest absolute Gasteiger partial charge is 0.315 e. The molecule has 1 rings (SSSR count). The Labute approximate surface area is 113 Å². The van der Waals surface area contributed by atoms with Gasteiger partial charge in [-0.05, 0) is 18.2 Å². The number of methoxy groups -OCH3 is 1. The summed E-state index contributed by atoms with van der Waals surface area (Å²) in [5.41, 5.74) is 0.0584. The molecular formula is C11H11ClFNO3S. The molecule has 0 aliphatic carbocycles. The summed E-state index contributed by atoms with van der Waals surface area (Å²) in [5.74, 6) is -1.30. The van der Waals surface area contributed by atoms with E-state index >= 15 is 0 Å². The van der Waals surface area contributed by atoms with Crippen LogP contribution in [-0.4, -0.2) is 30.5 Å².